The van der Waals surface area contributed by atoms with E-state index in [1.165, 1.54) is 68.3 Å². The van der Waals surface area contributed by atoms with Crippen LogP contribution in [0.3, 0.4) is 0 Å². The van der Waals surface area contributed by atoms with Crippen LogP contribution in [0.25, 0.3) is 0 Å². The molecule has 1 saturated heterocycles. The second-order valence-electron chi connectivity index (χ2n) is 9.13. The third kappa shape index (κ3) is 6.69. The van der Waals surface area contributed by atoms with Crippen molar-refractivity contribution in [3.05, 3.63) is 102 Å². The first-order valence-electron chi connectivity index (χ1n) is 12.5. The first kappa shape index (κ1) is 23.5. The maximum atomic E-state index is 5.58. The van der Waals surface area contributed by atoms with E-state index in [9.17, 15) is 0 Å². The SMILES string of the molecule is COc1ccccc1CN[C@H]1CCCN(CCCCCc2ccccc2)[C@H]1c1ccccc1. The maximum Gasteiger partial charge on any atom is 0.123 e. The van der Waals surface area contributed by atoms with Crippen LogP contribution < -0.4 is 10.1 Å². The third-order valence-corrected chi connectivity index (χ3v) is 6.88. The Hall–Kier alpha value is -2.62. The van der Waals surface area contributed by atoms with Gasteiger partial charge in [-0.1, -0.05) is 85.3 Å². The summed E-state index contributed by atoms with van der Waals surface area (Å²) < 4.78 is 5.58. The van der Waals surface area contributed by atoms with Gasteiger partial charge in [0, 0.05) is 18.2 Å². The number of unbranched alkanes of at least 4 members (excludes halogenated alkanes) is 2. The van der Waals surface area contributed by atoms with E-state index in [1.807, 2.05) is 12.1 Å². The monoisotopic (exact) mass is 442 g/mol. The molecule has 0 unspecified atom stereocenters. The highest BCUT2D eigenvalue weighted by Crippen LogP contribution is 2.32. The molecule has 1 N–H and O–H groups in total. The Morgan fingerprint density at radius 3 is 2.36 bits per heavy atom. The largest absolute Gasteiger partial charge is 0.496 e. The Labute approximate surface area is 199 Å². The minimum atomic E-state index is 0.420. The molecule has 0 bridgehead atoms. The number of aryl methyl sites for hydroxylation is 1. The molecule has 2 atom stereocenters. The summed E-state index contributed by atoms with van der Waals surface area (Å²) in [6.07, 6.45) is 7.45. The molecule has 0 spiro atoms. The van der Waals surface area contributed by atoms with Gasteiger partial charge in [0.1, 0.15) is 5.75 Å². The zero-order valence-electron chi connectivity index (χ0n) is 20.0. The Morgan fingerprint density at radius 2 is 1.58 bits per heavy atom. The van der Waals surface area contributed by atoms with Crippen molar-refractivity contribution >= 4 is 0 Å². The molecule has 3 aromatic carbocycles. The number of benzene rings is 3. The van der Waals surface area contributed by atoms with Gasteiger partial charge in [-0.2, -0.15) is 0 Å². The topological polar surface area (TPSA) is 24.5 Å². The van der Waals surface area contributed by atoms with E-state index >= 15 is 0 Å². The summed E-state index contributed by atoms with van der Waals surface area (Å²) in [5.74, 6) is 0.965. The van der Waals surface area contributed by atoms with Crippen molar-refractivity contribution in [3.8, 4) is 5.75 Å². The van der Waals surface area contributed by atoms with E-state index in [2.05, 4.69) is 83.0 Å². The fourth-order valence-corrected chi connectivity index (χ4v) is 5.18. The molecule has 0 aliphatic carbocycles. The van der Waals surface area contributed by atoms with Crippen molar-refractivity contribution in [2.24, 2.45) is 0 Å². The average Bonchev–Trinajstić information content (AvgIpc) is 2.88. The minimum Gasteiger partial charge on any atom is -0.496 e. The molecule has 0 saturated carbocycles. The molecule has 3 heteroatoms. The first-order valence-corrected chi connectivity index (χ1v) is 12.5. The van der Waals surface area contributed by atoms with Crippen molar-refractivity contribution in [1.82, 2.24) is 10.2 Å². The standard InChI is InChI=1S/C30H38N2O/c1-33-29-21-11-10-19-27(29)24-31-28-20-13-23-32(30(28)26-17-8-3-9-18-26)22-12-4-7-16-25-14-5-2-6-15-25/h2-3,5-6,8-11,14-15,17-19,21,28,30-31H,4,7,12-13,16,20,22-24H2,1H3/t28-,30-/m0/s1. The van der Waals surface area contributed by atoms with Crippen LogP contribution in [0.4, 0.5) is 0 Å². The van der Waals surface area contributed by atoms with Gasteiger partial charge in [-0.05, 0) is 62.4 Å². The number of nitrogens with one attached hydrogen (secondary N) is 1. The van der Waals surface area contributed by atoms with Crippen molar-refractivity contribution in [1.29, 1.82) is 0 Å². The molecule has 174 valence electrons. The van der Waals surface area contributed by atoms with Gasteiger partial charge in [0.2, 0.25) is 0 Å². The molecular formula is C30H38N2O. The summed E-state index contributed by atoms with van der Waals surface area (Å²) in [4.78, 5) is 2.72. The number of rotatable bonds is 11. The van der Waals surface area contributed by atoms with Gasteiger partial charge in [0.15, 0.2) is 0 Å². The highest BCUT2D eigenvalue weighted by molar-refractivity contribution is 5.33. The van der Waals surface area contributed by atoms with Crippen molar-refractivity contribution in [3.63, 3.8) is 0 Å². The van der Waals surface area contributed by atoms with E-state index in [1.54, 1.807) is 7.11 Å². The number of para-hydroxylation sites is 1. The molecule has 1 aliphatic rings. The number of methoxy groups -OCH3 is 1. The number of nitrogens with zero attached hydrogens (tertiary/aromatic N) is 1. The lowest BCUT2D eigenvalue weighted by atomic mass is 9.89. The van der Waals surface area contributed by atoms with Gasteiger partial charge in [-0.15, -0.1) is 0 Å². The molecule has 3 aromatic rings. The van der Waals surface area contributed by atoms with Gasteiger partial charge in [-0.3, -0.25) is 4.90 Å². The van der Waals surface area contributed by atoms with Crippen LogP contribution in [0.2, 0.25) is 0 Å². The molecule has 0 aromatic heterocycles. The predicted molar refractivity (Wildman–Crippen MR) is 138 cm³/mol. The zero-order valence-corrected chi connectivity index (χ0v) is 20.0. The van der Waals surface area contributed by atoms with Gasteiger partial charge in [-0.25, -0.2) is 0 Å². The molecule has 4 rings (SSSR count). The van der Waals surface area contributed by atoms with Crippen LogP contribution in [0.1, 0.15) is 54.8 Å². The summed E-state index contributed by atoms with van der Waals surface area (Å²) in [7, 11) is 1.76. The molecule has 1 heterocycles. The molecule has 1 aliphatic heterocycles. The lowest BCUT2D eigenvalue weighted by Crippen LogP contribution is -2.48. The molecule has 3 nitrogen and oxygen atoms in total. The second kappa shape index (κ2) is 12.6. The highest BCUT2D eigenvalue weighted by Gasteiger charge is 2.32. The number of piperidine rings is 1. The summed E-state index contributed by atoms with van der Waals surface area (Å²) in [6, 6.07) is 31.2. The van der Waals surface area contributed by atoms with Crippen LogP contribution in [-0.2, 0) is 13.0 Å². The Kier molecular flexibility index (Phi) is 8.97. The average molecular weight is 443 g/mol. The molecule has 0 amide bonds. The number of hydrogen-bond acceptors (Lipinski definition) is 3. The van der Waals surface area contributed by atoms with Crippen molar-refractivity contribution in [2.75, 3.05) is 20.2 Å². The maximum absolute atomic E-state index is 5.58. The summed E-state index contributed by atoms with van der Waals surface area (Å²) in [5.41, 5.74) is 4.11. The van der Waals surface area contributed by atoms with Gasteiger partial charge in [0.05, 0.1) is 13.2 Å². The Morgan fingerprint density at radius 1 is 0.848 bits per heavy atom. The Balaban J connectivity index is 1.37. The van der Waals surface area contributed by atoms with Crippen LogP contribution in [-0.4, -0.2) is 31.1 Å². The lowest BCUT2D eigenvalue weighted by Gasteiger charge is -2.42. The molecular weight excluding hydrogens is 404 g/mol. The van der Waals surface area contributed by atoms with E-state index in [-0.39, 0.29) is 0 Å². The van der Waals surface area contributed by atoms with Crippen LogP contribution in [0, 0.1) is 0 Å². The molecule has 0 radical (unpaired) electrons. The van der Waals surface area contributed by atoms with E-state index < -0.39 is 0 Å². The van der Waals surface area contributed by atoms with E-state index in [0.717, 1.165) is 12.3 Å². The quantitative estimate of drug-likeness (QED) is 0.348. The van der Waals surface area contributed by atoms with Crippen LogP contribution in [0.15, 0.2) is 84.9 Å². The van der Waals surface area contributed by atoms with Crippen LogP contribution >= 0.6 is 0 Å². The zero-order chi connectivity index (χ0) is 22.7. The summed E-state index contributed by atoms with van der Waals surface area (Å²) in [5, 5.41) is 3.89. The number of ether oxygens (including phenoxy) is 1. The van der Waals surface area contributed by atoms with Gasteiger partial charge < -0.3 is 10.1 Å². The Bertz CT molecular complexity index is 944. The molecule has 33 heavy (non-hydrogen) atoms. The fourth-order valence-electron chi connectivity index (χ4n) is 5.18. The third-order valence-electron chi connectivity index (χ3n) is 6.88. The highest BCUT2D eigenvalue weighted by atomic mass is 16.5. The van der Waals surface area contributed by atoms with Gasteiger partial charge >= 0.3 is 0 Å². The summed E-state index contributed by atoms with van der Waals surface area (Å²) >= 11 is 0. The van der Waals surface area contributed by atoms with Crippen molar-refractivity contribution < 1.29 is 4.74 Å². The first-order chi connectivity index (χ1) is 16.3. The van der Waals surface area contributed by atoms with Crippen molar-refractivity contribution in [2.45, 2.75) is 57.2 Å². The smallest absolute Gasteiger partial charge is 0.123 e. The van der Waals surface area contributed by atoms with Crippen LogP contribution in [0.5, 0.6) is 5.75 Å². The van der Waals surface area contributed by atoms with Gasteiger partial charge in [0.25, 0.3) is 0 Å². The predicted octanol–water partition coefficient (Wildman–Crippen LogP) is 6.40. The van der Waals surface area contributed by atoms with E-state index in [4.69, 9.17) is 4.74 Å². The number of likely N-dealkylation sites (tertiary alicyclic amines) is 1. The lowest BCUT2D eigenvalue weighted by molar-refractivity contribution is 0.108. The summed E-state index contributed by atoms with van der Waals surface area (Å²) in [6.45, 7) is 3.19. The van der Waals surface area contributed by atoms with E-state index in [0.29, 0.717) is 12.1 Å². The fraction of sp³-hybridized carbons (Fsp3) is 0.400. The minimum absolute atomic E-state index is 0.420. The second-order valence-corrected chi connectivity index (χ2v) is 9.13. The number of hydrogen-bond donors (Lipinski definition) is 1. The normalized spacial score (nSPS) is 18.8. The molecule has 1 fully saturated rings.